The van der Waals surface area contributed by atoms with Crippen molar-refractivity contribution in [2.45, 2.75) is 38.4 Å². The van der Waals surface area contributed by atoms with Gasteiger partial charge in [0.15, 0.2) is 0 Å². The van der Waals surface area contributed by atoms with E-state index < -0.39 is 23.2 Å². The summed E-state index contributed by atoms with van der Waals surface area (Å²) in [4.78, 5) is 12.3. The van der Waals surface area contributed by atoms with Crippen LogP contribution in [0.15, 0.2) is 22.7 Å². The van der Waals surface area contributed by atoms with Gasteiger partial charge in [0.1, 0.15) is 0 Å². The molecule has 0 saturated carbocycles. The van der Waals surface area contributed by atoms with Gasteiger partial charge in [0.2, 0.25) is 0 Å². The average molecular weight is 431 g/mol. The van der Waals surface area contributed by atoms with Gasteiger partial charge in [-0.15, -0.1) is 0 Å². The van der Waals surface area contributed by atoms with E-state index in [1.54, 1.807) is 0 Å². The second-order valence-corrected chi connectivity index (χ2v) is 6.18. The fraction of sp³-hybridized carbons (Fsp3) is 0.500. The summed E-state index contributed by atoms with van der Waals surface area (Å²) >= 11 is 6.48. The number of hydrogen-bond acceptors (Lipinski definition) is 1. The van der Waals surface area contributed by atoms with Crippen LogP contribution in [0.1, 0.15) is 42.6 Å². The Morgan fingerprint density at radius 3 is 2.24 bits per heavy atom. The van der Waals surface area contributed by atoms with Gasteiger partial charge in [0.05, 0.1) is 11.1 Å². The number of rotatable bonds is 5. The van der Waals surface area contributed by atoms with E-state index in [2.05, 4.69) is 37.2 Å². The van der Waals surface area contributed by atoms with E-state index in [9.17, 15) is 18.0 Å². The van der Waals surface area contributed by atoms with E-state index in [0.29, 0.717) is 22.6 Å². The molecule has 7 heteroatoms. The van der Waals surface area contributed by atoms with Gasteiger partial charge in [0, 0.05) is 15.3 Å². The molecule has 21 heavy (non-hydrogen) atoms. The van der Waals surface area contributed by atoms with Gasteiger partial charge in [-0.05, 0) is 47.0 Å². The first-order chi connectivity index (χ1) is 9.69. The van der Waals surface area contributed by atoms with Crippen LogP contribution in [0.4, 0.5) is 13.2 Å². The average Bonchev–Trinajstić information content (AvgIpc) is 2.44. The quantitative estimate of drug-likeness (QED) is 0.643. The molecule has 1 aromatic rings. The van der Waals surface area contributed by atoms with Crippen molar-refractivity contribution >= 4 is 37.8 Å². The molecule has 118 valence electrons. The smallest absolute Gasteiger partial charge is 0.346 e. The lowest BCUT2D eigenvalue weighted by Crippen LogP contribution is -2.49. The number of alkyl halides is 4. The van der Waals surface area contributed by atoms with Gasteiger partial charge in [-0.3, -0.25) is 4.79 Å². The van der Waals surface area contributed by atoms with Crippen molar-refractivity contribution < 1.29 is 18.0 Å². The number of hydrogen-bond donors (Lipinski definition) is 1. The Hall–Kier alpha value is -0.560. The molecule has 0 spiro atoms. The molecule has 0 saturated heterocycles. The maximum absolute atomic E-state index is 12.7. The lowest BCUT2D eigenvalue weighted by Gasteiger charge is -2.31. The largest absolute Gasteiger partial charge is 0.416 e. The van der Waals surface area contributed by atoms with Crippen molar-refractivity contribution in [3.63, 3.8) is 0 Å². The fourth-order valence-corrected chi connectivity index (χ4v) is 3.19. The molecule has 0 aromatic heterocycles. The number of carbonyl (C=O) groups excluding carboxylic acids is 1. The first-order valence-corrected chi connectivity index (χ1v) is 8.35. The van der Waals surface area contributed by atoms with Crippen molar-refractivity contribution in [1.29, 1.82) is 0 Å². The van der Waals surface area contributed by atoms with Crippen LogP contribution in [0, 0.1) is 0 Å². The molecule has 0 fully saturated rings. The standard InChI is InChI=1S/C14H16Br2F3NO/c1-3-13(4-2,8-15)20-12(21)10-7-9(14(17,18)19)5-6-11(10)16/h5-7H,3-4,8H2,1-2H3,(H,20,21). The molecular weight excluding hydrogens is 415 g/mol. The third kappa shape index (κ3) is 4.45. The number of halogens is 5. The summed E-state index contributed by atoms with van der Waals surface area (Å²) in [5, 5.41) is 3.37. The molecule has 0 heterocycles. The highest BCUT2D eigenvalue weighted by Gasteiger charge is 2.33. The molecule has 1 N–H and O–H groups in total. The van der Waals surface area contributed by atoms with Crippen molar-refractivity contribution in [1.82, 2.24) is 5.32 Å². The minimum Gasteiger partial charge on any atom is -0.346 e. The van der Waals surface area contributed by atoms with Crippen LogP contribution in [0.3, 0.4) is 0 Å². The predicted octanol–water partition coefficient (Wildman–Crippen LogP) is 5.15. The Bertz CT molecular complexity index is 505. The van der Waals surface area contributed by atoms with Crippen molar-refractivity contribution in [2.24, 2.45) is 0 Å². The van der Waals surface area contributed by atoms with E-state index in [0.717, 1.165) is 12.1 Å². The third-order valence-corrected chi connectivity index (χ3v) is 5.29. The van der Waals surface area contributed by atoms with E-state index in [1.165, 1.54) is 6.07 Å². The first kappa shape index (κ1) is 18.5. The minimum atomic E-state index is -4.47. The van der Waals surface area contributed by atoms with Crippen LogP contribution in [0.25, 0.3) is 0 Å². The van der Waals surface area contributed by atoms with Crippen molar-refractivity contribution in [3.8, 4) is 0 Å². The monoisotopic (exact) mass is 429 g/mol. The van der Waals surface area contributed by atoms with Gasteiger partial charge < -0.3 is 5.32 Å². The highest BCUT2D eigenvalue weighted by atomic mass is 79.9. The summed E-state index contributed by atoms with van der Waals surface area (Å²) in [6.07, 6.45) is -3.12. The summed E-state index contributed by atoms with van der Waals surface area (Å²) in [5.41, 5.74) is -1.32. The van der Waals surface area contributed by atoms with E-state index in [-0.39, 0.29) is 5.56 Å². The zero-order valence-electron chi connectivity index (χ0n) is 11.7. The molecule has 0 unspecified atom stereocenters. The van der Waals surface area contributed by atoms with Crippen LogP contribution in [0.2, 0.25) is 0 Å². The molecule has 0 atom stereocenters. The van der Waals surface area contributed by atoms with Crippen LogP contribution in [-0.2, 0) is 6.18 Å². The van der Waals surface area contributed by atoms with Crippen LogP contribution >= 0.6 is 31.9 Å². The molecule has 1 aromatic carbocycles. The first-order valence-electron chi connectivity index (χ1n) is 6.44. The highest BCUT2D eigenvalue weighted by molar-refractivity contribution is 9.10. The maximum atomic E-state index is 12.7. The molecule has 0 aliphatic carbocycles. The SMILES string of the molecule is CCC(CC)(CBr)NC(=O)c1cc(C(F)(F)F)ccc1Br. The number of nitrogens with one attached hydrogen (secondary N) is 1. The Balaban J connectivity index is 3.13. The lowest BCUT2D eigenvalue weighted by molar-refractivity contribution is -0.137. The maximum Gasteiger partial charge on any atom is 0.416 e. The second kappa shape index (κ2) is 7.13. The van der Waals surface area contributed by atoms with E-state index in [1.807, 2.05) is 13.8 Å². The van der Waals surface area contributed by atoms with Gasteiger partial charge >= 0.3 is 6.18 Å². The minimum absolute atomic E-state index is 0.0166. The summed E-state index contributed by atoms with van der Waals surface area (Å²) in [6, 6.07) is 3.05. The fourth-order valence-electron chi connectivity index (χ4n) is 1.83. The summed E-state index contributed by atoms with van der Waals surface area (Å²) < 4.78 is 38.6. The number of carbonyl (C=O) groups is 1. The number of amides is 1. The molecule has 0 aliphatic heterocycles. The zero-order chi connectivity index (χ0) is 16.3. The Labute approximate surface area is 138 Å². The molecule has 0 bridgehead atoms. The lowest BCUT2D eigenvalue weighted by atomic mass is 9.95. The van der Waals surface area contributed by atoms with Gasteiger partial charge in [-0.25, -0.2) is 0 Å². The molecule has 1 amide bonds. The zero-order valence-corrected chi connectivity index (χ0v) is 14.8. The van der Waals surface area contributed by atoms with Crippen LogP contribution < -0.4 is 5.32 Å². The van der Waals surface area contributed by atoms with Gasteiger partial charge in [0.25, 0.3) is 5.91 Å². The normalized spacial score (nSPS) is 12.3. The highest BCUT2D eigenvalue weighted by Crippen LogP contribution is 2.32. The molecule has 0 radical (unpaired) electrons. The molecule has 2 nitrogen and oxygen atoms in total. The molecule has 1 rings (SSSR count). The predicted molar refractivity (Wildman–Crippen MR) is 83.7 cm³/mol. The van der Waals surface area contributed by atoms with Crippen molar-refractivity contribution in [2.75, 3.05) is 5.33 Å². The summed E-state index contributed by atoms with van der Waals surface area (Å²) in [5.74, 6) is -0.517. The third-order valence-electron chi connectivity index (χ3n) is 3.53. The van der Waals surface area contributed by atoms with Gasteiger partial charge in [-0.2, -0.15) is 13.2 Å². The second-order valence-electron chi connectivity index (χ2n) is 4.77. The topological polar surface area (TPSA) is 29.1 Å². The van der Waals surface area contributed by atoms with Crippen LogP contribution in [0.5, 0.6) is 0 Å². The molecular formula is C14H16Br2F3NO. The summed E-state index contributed by atoms with van der Waals surface area (Å²) in [7, 11) is 0. The van der Waals surface area contributed by atoms with Gasteiger partial charge in [-0.1, -0.05) is 29.8 Å². The Morgan fingerprint density at radius 1 is 1.24 bits per heavy atom. The Morgan fingerprint density at radius 2 is 1.81 bits per heavy atom. The van der Waals surface area contributed by atoms with E-state index in [4.69, 9.17) is 0 Å². The summed E-state index contributed by atoms with van der Waals surface area (Å²) in [6.45, 7) is 3.85. The molecule has 0 aliphatic rings. The van der Waals surface area contributed by atoms with Crippen LogP contribution in [-0.4, -0.2) is 16.8 Å². The Kier molecular flexibility index (Phi) is 6.28. The number of benzene rings is 1. The van der Waals surface area contributed by atoms with Crippen molar-refractivity contribution in [3.05, 3.63) is 33.8 Å². The van der Waals surface area contributed by atoms with E-state index >= 15 is 0 Å².